The first kappa shape index (κ1) is 32.5. The first-order valence-corrected chi connectivity index (χ1v) is 15.3. The van der Waals surface area contributed by atoms with Gasteiger partial charge in [-0.15, -0.1) is 0 Å². The molecule has 0 spiro atoms. The summed E-state index contributed by atoms with van der Waals surface area (Å²) >= 11 is 25.6. The van der Waals surface area contributed by atoms with Crippen LogP contribution in [0.1, 0.15) is 36.6 Å². The van der Waals surface area contributed by atoms with E-state index in [4.69, 9.17) is 57.1 Å². The summed E-state index contributed by atoms with van der Waals surface area (Å²) in [4.78, 5) is 39.5. The van der Waals surface area contributed by atoms with Crippen molar-refractivity contribution in [1.82, 2.24) is 19.4 Å². The van der Waals surface area contributed by atoms with E-state index < -0.39 is 22.1 Å². The van der Waals surface area contributed by atoms with Crippen molar-refractivity contribution in [2.75, 3.05) is 36.8 Å². The molecule has 1 fully saturated rings. The molecular formula is C31H26Cl4FN7O2. The molecule has 0 aliphatic carbocycles. The second kappa shape index (κ2) is 12.5. The number of carbonyl (C=O) groups is 1. The Morgan fingerprint density at radius 2 is 1.80 bits per heavy atom. The van der Waals surface area contributed by atoms with Gasteiger partial charge in [0.25, 0.3) is 5.56 Å². The van der Waals surface area contributed by atoms with Crippen LogP contribution in [0.3, 0.4) is 0 Å². The molecule has 4 heterocycles. The van der Waals surface area contributed by atoms with E-state index in [9.17, 15) is 14.9 Å². The number of nitriles is 1. The molecule has 45 heavy (non-hydrogen) atoms. The van der Waals surface area contributed by atoms with Gasteiger partial charge in [0.15, 0.2) is 5.82 Å². The molecule has 1 aliphatic rings. The van der Waals surface area contributed by atoms with Gasteiger partial charge in [0.05, 0.1) is 48.5 Å². The molecule has 1 aliphatic heterocycles. The standard InChI is InChI=1S/C31H26Cl4FN7O2/c1-5-19(44)41-8-10-42(11-9-41)29-16-12-18(32)27(20-21(33)22(34)23(35)24(36)25(20)38)40-30(16)43(31(45)17(29)13-37)28-15(4)6-7-39-26(28)14(2)3/h5-7,12,14H,1,8-11,38H2,2-4H3. The summed E-state index contributed by atoms with van der Waals surface area (Å²) in [6, 6.07) is 5.37. The van der Waals surface area contributed by atoms with E-state index in [0.717, 1.165) is 0 Å². The zero-order valence-electron chi connectivity index (χ0n) is 24.4. The summed E-state index contributed by atoms with van der Waals surface area (Å²) in [5, 5.41) is 9.84. The van der Waals surface area contributed by atoms with Gasteiger partial charge in [-0.3, -0.25) is 19.1 Å². The fraction of sp³-hybridized carbons (Fsp3) is 0.258. The number of amides is 1. The van der Waals surface area contributed by atoms with Crippen molar-refractivity contribution in [2.24, 2.45) is 0 Å². The maximum Gasteiger partial charge on any atom is 0.276 e. The average Bonchev–Trinajstić information content (AvgIpc) is 3.02. The molecule has 0 saturated carbocycles. The molecule has 0 radical (unpaired) electrons. The van der Waals surface area contributed by atoms with Gasteiger partial charge in [0, 0.05) is 43.3 Å². The molecule has 14 heteroatoms. The molecule has 2 N–H and O–H groups in total. The highest BCUT2D eigenvalue weighted by Gasteiger charge is 2.31. The fourth-order valence-corrected chi connectivity index (χ4v) is 6.48. The van der Waals surface area contributed by atoms with E-state index in [-0.39, 0.29) is 49.4 Å². The number of halogens is 5. The van der Waals surface area contributed by atoms with Gasteiger partial charge in [-0.25, -0.2) is 9.37 Å². The molecule has 4 aromatic rings. The minimum absolute atomic E-state index is 0.00306. The van der Waals surface area contributed by atoms with Gasteiger partial charge in [-0.05, 0) is 36.6 Å². The highest BCUT2D eigenvalue weighted by atomic mass is 35.5. The lowest BCUT2D eigenvalue weighted by molar-refractivity contribution is -0.126. The van der Waals surface area contributed by atoms with Crippen LogP contribution in [0.2, 0.25) is 20.1 Å². The summed E-state index contributed by atoms with van der Waals surface area (Å²) in [5.41, 5.74) is 6.86. The predicted molar refractivity (Wildman–Crippen MR) is 178 cm³/mol. The van der Waals surface area contributed by atoms with E-state index >= 15 is 4.39 Å². The first-order chi connectivity index (χ1) is 21.3. The number of rotatable bonds is 5. The Morgan fingerprint density at radius 3 is 2.40 bits per heavy atom. The molecule has 0 bridgehead atoms. The normalized spacial score (nSPS) is 13.4. The number of benzene rings is 1. The van der Waals surface area contributed by atoms with Crippen molar-refractivity contribution >= 4 is 74.7 Å². The lowest BCUT2D eigenvalue weighted by Gasteiger charge is -2.36. The van der Waals surface area contributed by atoms with Crippen LogP contribution in [0, 0.1) is 24.1 Å². The number of nitrogens with zero attached hydrogens (tertiary/aromatic N) is 6. The van der Waals surface area contributed by atoms with Crippen molar-refractivity contribution in [3.63, 3.8) is 0 Å². The van der Waals surface area contributed by atoms with E-state index in [1.165, 1.54) is 16.7 Å². The van der Waals surface area contributed by atoms with Crippen LogP contribution < -0.4 is 16.2 Å². The SMILES string of the molecule is C=CC(=O)N1CCN(c2c(C#N)c(=O)n(-c3c(C)ccnc3C(C)C)c3nc(-c4c(N)c(F)c(Cl)c(Cl)c4Cl)c(Cl)cc23)CC1. The van der Waals surface area contributed by atoms with Crippen LogP contribution in [0.15, 0.2) is 35.8 Å². The number of pyridine rings is 3. The van der Waals surface area contributed by atoms with Gasteiger partial charge in [-0.1, -0.05) is 66.8 Å². The van der Waals surface area contributed by atoms with Crippen LogP contribution in [0.5, 0.6) is 0 Å². The smallest absolute Gasteiger partial charge is 0.276 e. The zero-order valence-corrected chi connectivity index (χ0v) is 27.4. The van der Waals surface area contributed by atoms with Crippen molar-refractivity contribution in [3.8, 4) is 23.0 Å². The number of hydrogen-bond donors (Lipinski definition) is 1. The molecule has 3 aromatic heterocycles. The number of piperazine rings is 1. The molecule has 1 saturated heterocycles. The summed E-state index contributed by atoms with van der Waals surface area (Å²) in [5.74, 6) is -1.35. The number of fused-ring (bicyclic) bond motifs is 1. The Morgan fingerprint density at radius 1 is 1.13 bits per heavy atom. The van der Waals surface area contributed by atoms with Gasteiger partial charge in [0.2, 0.25) is 5.91 Å². The quantitative estimate of drug-likeness (QED) is 0.105. The summed E-state index contributed by atoms with van der Waals surface area (Å²) in [6.45, 7) is 10.5. The summed E-state index contributed by atoms with van der Waals surface area (Å²) in [6.07, 6.45) is 2.88. The predicted octanol–water partition coefficient (Wildman–Crippen LogP) is 6.92. The second-order valence-corrected chi connectivity index (χ2v) is 12.3. The third-order valence-electron chi connectivity index (χ3n) is 7.74. The Hall–Kier alpha value is -3.88. The number of nitrogen functional groups attached to an aromatic ring is 1. The highest BCUT2D eigenvalue weighted by molar-refractivity contribution is 6.50. The van der Waals surface area contributed by atoms with E-state index in [1.54, 1.807) is 17.2 Å². The molecule has 1 amide bonds. The van der Waals surface area contributed by atoms with Crippen molar-refractivity contribution in [2.45, 2.75) is 26.7 Å². The second-order valence-electron chi connectivity index (χ2n) is 10.7. The molecule has 0 atom stereocenters. The van der Waals surface area contributed by atoms with Gasteiger partial charge in [0.1, 0.15) is 17.3 Å². The van der Waals surface area contributed by atoms with E-state index in [2.05, 4.69) is 17.6 Å². The maximum atomic E-state index is 15.1. The van der Waals surface area contributed by atoms with Crippen LogP contribution in [-0.4, -0.2) is 51.5 Å². The first-order valence-electron chi connectivity index (χ1n) is 13.8. The Kier molecular flexibility index (Phi) is 9.02. The van der Waals surface area contributed by atoms with Crippen molar-refractivity contribution in [1.29, 1.82) is 5.26 Å². The van der Waals surface area contributed by atoms with Crippen LogP contribution in [-0.2, 0) is 4.79 Å². The van der Waals surface area contributed by atoms with Crippen molar-refractivity contribution in [3.05, 3.63) is 84.1 Å². The number of anilines is 2. The molecular weight excluding hydrogens is 663 g/mol. The average molecular weight is 689 g/mol. The number of aromatic nitrogens is 3. The van der Waals surface area contributed by atoms with E-state index in [1.807, 2.05) is 25.7 Å². The van der Waals surface area contributed by atoms with Gasteiger partial charge < -0.3 is 15.5 Å². The third-order valence-corrected chi connectivity index (χ3v) is 9.33. The summed E-state index contributed by atoms with van der Waals surface area (Å²) < 4.78 is 16.4. The lowest BCUT2D eigenvalue weighted by Crippen LogP contribution is -2.49. The van der Waals surface area contributed by atoms with Crippen LogP contribution >= 0.6 is 46.4 Å². The Bertz CT molecular complexity index is 1990. The molecule has 1 aromatic carbocycles. The highest BCUT2D eigenvalue weighted by Crippen LogP contribution is 2.47. The number of nitrogens with two attached hydrogens (primary N) is 1. The van der Waals surface area contributed by atoms with E-state index in [0.29, 0.717) is 54.2 Å². The number of carbonyl (C=O) groups excluding carboxylic acids is 1. The minimum Gasteiger partial charge on any atom is -0.396 e. The largest absolute Gasteiger partial charge is 0.396 e. The van der Waals surface area contributed by atoms with Crippen molar-refractivity contribution < 1.29 is 9.18 Å². The molecule has 232 valence electrons. The maximum absolute atomic E-state index is 15.1. The number of hydrogen-bond acceptors (Lipinski definition) is 7. The third kappa shape index (κ3) is 5.38. The molecule has 5 rings (SSSR count). The molecule has 0 unspecified atom stereocenters. The molecule has 9 nitrogen and oxygen atoms in total. The van der Waals surface area contributed by atoms with Gasteiger partial charge >= 0.3 is 0 Å². The zero-order chi connectivity index (χ0) is 32.9. The lowest BCUT2D eigenvalue weighted by atomic mass is 10.0. The summed E-state index contributed by atoms with van der Waals surface area (Å²) in [7, 11) is 0. The topological polar surface area (TPSA) is 121 Å². The van der Waals surface area contributed by atoms with Crippen LogP contribution in [0.25, 0.3) is 28.0 Å². The van der Waals surface area contributed by atoms with Crippen LogP contribution in [0.4, 0.5) is 15.8 Å². The number of aryl methyl sites for hydroxylation is 1. The van der Waals surface area contributed by atoms with Gasteiger partial charge in [-0.2, -0.15) is 5.26 Å². The fourth-order valence-electron chi connectivity index (χ4n) is 5.52. The Balaban J connectivity index is 1.93. The minimum atomic E-state index is -1.01. The monoisotopic (exact) mass is 687 g/mol. The Labute approximate surface area is 278 Å².